The number of terminal acetylenes is 1. The van der Waals surface area contributed by atoms with Gasteiger partial charge in [0.15, 0.2) is 0 Å². The number of nitrogen functional groups attached to an aromatic ring is 1. The van der Waals surface area contributed by atoms with Gasteiger partial charge in [0.1, 0.15) is 5.82 Å². The standard InChI is InChI=1S/C11H17N3/c1-4-6-9(3)10-11(12)14(7-5-2)8-13-10/h2,8-9H,4,6-7,12H2,1,3H3. The van der Waals surface area contributed by atoms with Crippen molar-refractivity contribution in [2.45, 2.75) is 39.2 Å². The molecule has 1 heterocycles. The van der Waals surface area contributed by atoms with Crippen molar-refractivity contribution in [2.75, 3.05) is 5.73 Å². The van der Waals surface area contributed by atoms with E-state index < -0.39 is 0 Å². The van der Waals surface area contributed by atoms with E-state index in [2.05, 4.69) is 24.8 Å². The molecule has 1 atom stereocenters. The minimum absolute atomic E-state index is 0.416. The molecule has 14 heavy (non-hydrogen) atoms. The average molecular weight is 191 g/mol. The molecular weight excluding hydrogens is 174 g/mol. The van der Waals surface area contributed by atoms with Crippen LogP contribution in [-0.2, 0) is 6.54 Å². The highest BCUT2D eigenvalue weighted by atomic mass is 15.1. The number of rotatable bonds is 4. The molecule has 76 valence electrons. The van der Waals surface area contributed by atoms with Gasteiger partial charge in [-0.1, -0.05) is 26.2 Å². The van der Waals surface area contributed by atoms with Gasteiger partial charge in [0, 0.05) is 5.92 Å². The second-order valence-corrected chi connectivity index (χ2v) is 3.54. The van der Waals surface area contributed by atoms with Crippen molar-refractivity contribution in [3.8, 4) is 12.3 Å². The molecule has 0 aliphatic carbocycles. The van der Waals surface area contributed by atoms with E-state index in [9.17, 15) is 0 Å². The molecule has 0 aromatic carbocycles. The summed E-state index contributed by atoms with van der Waals surface area (Å²) in [7, 11) is 0. The van der Waals surface area contributed by atoms with Crippen LogP contribution < -0.4 is 5.73 Å². The summed E-state index contributed by atoms with van der Waals surface area (Å²) in [6, 6.07) is 0. The lowest BCUT2D eigenvalue weighted by Gasteiger charge is -2.08. The Balaban J connectivity index is 2.84. The molecule has 0 aliphatic rings. The summed E-state index contributed by atoms with van der Waals surface area (Å²) in [4.78, 5) is 4.30. The zero-order valence-electron chi connectivity index (χ0n) is 8.83. The first-order chi connectivity index (χ1) is 6.70. The highest BCUT2D eigenvalue weighted by molar-refractivity contribution is 5.38. The van der Waals surface area contributed by atoms with Crippen molar-refractivity contribution in [1.29, 1.82) is 0 Å². The van der Waals surface area contributed by atoms with E-state index in [4.69, 9.17) is 12.2 Å². The summed E-state index contributed by atoms with van der Waals surface area (Å²) in [5.74, 6) is 3.68. The van der Waals surface area contributed by atoms with Crippen molar-refractivity contribution < 1.29 is 0 Å². The van der Waals surface area contributed by atoms with Crippen molar-refractivity contribution >= 4 is 5.82 Å². The number of aromatic nitrogens is 2. The van der Waals surface area contributed by atoms with Gasteiger partial charge in [-0.05, 0) is 6.42 Å². The maximum absolute atomic E-state index is 5.93. The van der Waals surface area contributed by atoms with Crippen molar-refractivity contribution in [3.05, 3.63) is 12.0 Å². The largest absolute Gasteiger partial charge is 0.384 e. The minimum Gasteiger partial charge on any atom is -0.384 e. The van der Waals surface area contributed by atoms with Gasteiger partial charge >= 0.3 is 0 Å². The van der Waals surface area contributed by atoms with Gasteiger partial charge in [-0.2, -0.15) is 0 Å². The van der Waals surface area contributed by atoms with Gasteiger partial charge in [0.05, 0.1) is 18.6 Å². The summed E-state index contributed by atoms with van der Waals surface area (Å²) in [5.41, 5.74) is 6.90. The molecule has 1 aromatic heterocycles. The first-order valence-corrected chi connectivity index (χ1v) is 4.94. The van der Waals surface area contributed by atoms with Crippen LogP contribution in [0.25, 0.3) is 0 Å². The molecule has 0 saturated carbocycles. The average Bonchev–Trinajstić information content (AvgIpc) is 2.49. The molecule has 0 saturated heterocycles. The molecule has 1 rings (SSSR count). The summed E-state index contributed by atoms with van der Waals surface area (Å²) < 4.78 is 1.81. The van der Waals surface area contributed by atoms with Gasteiger partial charge in [-0.3, -0.25) is 0 Å². The number of hydrogen-bond acceptors (Lipinski definition) is 2. The van der Waals surface area contributed by atoms with E-state index >= 15 is 0 Å². The van der Waals surface area contributed by atoms with Crippen molar-refractivity contribution in [2.24, 2.45) is 0 Å². The number of nitrogens with zero attached hydrogens (tertiary/aromatic N) is 2. The second-order valence-electron chi connectivity index (χ2n) is 3.54. The van der Waals surface area contributed by atoms with Gasteiger partial charge in [-0.15, -0.1) is 6.42 Å². The maximum Gasteiger partial charge on any atom is 0.127 e. The molecule has 3 nitrogen and oxygen atoms in total. The monoisotopic (exact) mass is 191 g/mol. The van der Waals surface area contributed by atoms with Crippen LogP contribution in [0.2, 0.25) is 0 Å². The molecule has 0 spiro atoms. The number of hydrogen-bond donors (Lipinski definition) is 1. The Bertz CT molecular complexity index is 333. The highest BCUT2D eigenvalue weighted by Crippen LogP contribution is 2.24. The van der Waals surface area contributed by atoms with Crippen LogP contribution in [0, 0.1) is 12.3 Å². The Kier molecular flexibility index (Phi) is 3.58. The Morgan fingerprint density at radius 2 is 2.43 bits per heavy atom. The third kappa shape index (κ3) is 2.08. The van der Waals surface area contributed by atoms with Crippen LogP contribution in [0.15, 0.2) is 6.33 Å². The Labute approximate surface area is 85.3 Å². The number of anilines is 1. The van der Waals surface area contributed by atoms with E-state index in [1.54, 1.807) is 6.33 Å². The third-order valence-corrected chi connectivity index (χ3v) is 2.36. The second kappa shape index (κ2) is 4.71. The maximum atomic E-state index is 5.93. The summed E-state index contributed by atoms with van der Waals surface area (Å²) in [6.07, 6.45) is 9.19. The molecule has 1 aromatic rings. The van der Waals surface area contributed by atoms with Crippen LogP contribution in [-0.4, -0.2) is 9.55 Å². The topological polar surface area (TPSA) is 43.8 Å². The minimum atomic E-state index is 0.416. The zero-order chi connectivity index (χ0) is 10.6. The molecule has 2 N–H and O–H groups in total. The lowest BCUT2D eigenvalue weighted by molar-refractivity contribution is 0.652. The fourth-order valence-electron chi connectivity index (χ4n) is 1.58. The summed E-state index contributed by atoms with van der Waals surface area (Å²) in [5, 5.41) is 0. The molecule has 0 fully saturated rings. The summed E-state index contributed by atoms with van der Waals surface area (Å²) in [6.45, 7) is 4.80. The molecule has 0 radical (unpaired) electrons. The quantitative estimate of drug-likeness (QED) is 0.740. The van der Waals surface area contributed by atoms with E-state index in [0.29, 0.717) is 18.3 Å². The summed E-state index contributed by atoms with van der Waals surface area (Å²) >= 11 is 0. The van der Waals surface area contributed by atoms with E-state index in [1.807, 2.05) is 4.57 Å². The predicted molar refractivity (Wildman–Crippen MR) is 58.8 cm³/mol. The van der Waals surface area contributed by atoms with Crippen molar-refractivity contribution in [1.82, 2.24) is 9.55 Å². The molecule has 0 bridgehead atoms. The van der Waals surface area contributed by atoms with Gasteiger partial charge < -0.3 is 10.3 Å². The number of nitrogens with two attached hydrogens (primary N) is 1. The Hall–Kier alpha value is -1.43. The fraction of sp³-hybridized carbons (Fsp3) is 0.545. The van der Waals surface area contributed by atoms with Crippen LogP contribution in [0.1, 0.15) is 38.3 Å². The first kappa shape index (κ1) is 10.6. The zero-order valence-corrected chi connectivity index (χ0v) is 8.83. The molecule has 0 amide bonds. The van der Waals surface area contributed by atoms with Crippen LogP contribution >= 0.6 is 0 Å². The lowest BCUT2D eigenvalue weighted by atomic mass is 10.0. The Morgan fingerprint density at radius 1 is 1.71 bits per heavy atom. The van der Waals surface area contributed by atoms with Gasteiger partial charge in [-0.25, -0.2) is 4.98 Å². The van der Waals surface area contributed by atoms with Gasteiger partial charge in [0.25, 0.3) is 0 Å². The normalized spacial score (nSPS) is 12.4. The SMILES string of the molecule is C#CCn1cnc(C(C)CCC)c1N. The Morgan fingerprint density at radius 3 is 3.00 bits per heavy atom. The first-order valence-electron chi connectivity index (χ1n) is 4.94. The van der Waals surface area contributed by atoms with Crippen LogP contribution in [0.3, 0.4) is 0 Å². The van der Waals surface area contributed by atoms with E-state index in [1.165, 1.54) is 0 Å². The lowest BCUT2D eigenvalue weighted by Crippen LogP contribution is -2.04. The van der Waals surface area contributed by atoms with Gasteiger partial charge in [0.2, 0.25) is 0 Å². The fourth-order valence-corrected chi connectivity index (χ4v) is 1.58. The van der Waals surface area contributed by atoms with Crippen LogP contribution in [0.4, 0.5) is 5.82 Å². The third-order valence-electron chi connectivity index (χ3n) is 2.36. The van der Waals surface area contributed by atoms with E-state index in [-0.39, 0.29) is 0 Å². The number of imidazole rings is 1. The smallest absolute Gasteiger partial charge is 0.127 e. The molecular formula is C11H17N3. The molecule has 3 heteroatoms. The highest BCUT2D eigenvalue weighted by Gasteiger charge is 2.13. The van der Waals surface area contributed by atoms with Crippen LogP contribution in [0.5, 0.6) is 0 Å². The molecule has 1 unspecified atom stereocenters. The molecule has 0 aliphatic heterocycles. The van der Waals surface area contributed by atoms with E-state index in [0.717, 1.165) is 18.5 Å². The predicted octanol–water partition coefficient (Wildman–Crippen LogP) is 2.00. The van der Waals surface area contributed by atoms with Crippen molar-refractivity contribution in [3.63, 3.8) is 0 Å².